The molecule has 0 saturated carbocycles. The summed E-state index contributed by atoms with van der Waals surface area (Å²) in [6, 6.07) is 6.25. The van der Waals surface area contributed by atoms with E-state index in [-0.39, 0.29) is 21.7 Å². The summed E-state index contributed by atoms with van der Waals surface area (Å²) in [4.78, 5) is 11.6. The van der Waals surface area contributed by atoms with Gasteiger partial charge < -0.3 is 14.8 Å². The Kier molecular flexibility index (Phi) is 4.14. The third-order valence-electron chi connectivity index (χ3n) is 2.23. The number of phenolic OH excluding ortho intramolecular Hbond substituents is 1. The first-order valence-electron chi connectivity index (χ1n) is 5.27. The number of carbonyl (C=O) groups excluding carboxylic acids is 1. The van der Waals surface area contributed by atoms with Crippen LogP contribution in [0.15, 0.2) is 41.0 Å². The van der Waals surface area contributed by atoms with Crippen molar-refractivity contribution in [2.45, 2.75) is 0 Å². The molecule has 1 heterocycles. The Morgan fingerprint density at radius 2 is 2.00 bits per heavy atom. The third kappa shape index (κ3) is 3.53. The maximum absolute atomic E-state index is 11.6. The van der Waals surface area contributed by atoms with E-state index in [0.29, 0.717) is 11.4 Å². The van der Waals surface area contributed by atoms with Gasteiger partial charge in [0.15, 0.2) is 5.75 Å². The summed E-state index contributed by atoms with van der Waals surface area (Å²) in [5, 5.41) is 12.1. The molecule has 0 spiro atoms. The molecule has 1 aromatic heterocycles. The molecule has 0 unspecified atom stereocenters. The molecule has 0 bridgehead atoms. The molecular weight excluding hydrogens is 289 g/mol. The Morgan fingerprint density at radius 1 is 1.32 bits per heavy atom. The minimum absolute atomic E-state index is 0.0674. The zero-order valence-corrected chi connectivity index (χ0v) is 11.1. The molecule has 0 radical (unpaired) electrons. The number of furan rings is 1. The lowest BCUT2D eigenvalue weighted by molar-refractivity contribution is -0.111. The van der Waals surface area contributed by atoms with E-state index in [1.807, 2.05) is 0 Å². The summed E-state index contributed by atoms with van der Waals surface area (Å²) >= 11 is 11.5. The topological polar surface area (TPSA) is 62.5 Å². The summed E-state index contributed by atoms with van der Waals surface area (Å²) in [6.45, 7) is 0. The third-order valence-corrected chi connectivity index (χ3v) is 2.80. The second-order valence-corrected chi connectivity index (χ2v) is 4.44. The van der Waals surface area contributed by atoms with E-state index >= 15 is 0 Å². The van der Waals surface area contributed by atoms with Crippen LogP contribution in [0.5, 0.6) is 5.75 Å². The van der Waals surface area contributed by atoms with Gasteiger partial charge >= 0.3 is 0 Å². The monoisotopic (exact) mass is 297 g/mol. The first-order valence-corrected chi connectivity index (χ1v) is 6.02. The van der Waals surface area contributed by atoms with Crippen molar-refractivity contribution in [1.29, 1.82) is 0 Å². The maximum Gasteiger partial charge on any atom is 0.248 e. The molecule has 19 heavy (non-hydrogen) atoms. The van der Waals surface area contributed by atoms with E-state index < -0.39 is 0 Å². The predicted octanol–water partition coefficient (Wildman–Crippen LogP) is 3.94. The molecule has 0 aliphatic carbocycles. The SMILES string of the molecule is O=C(C=Cc1ccco1)Nc1cc(Cl)c(O)c(Cl)c1. The zero-order chi connectivity index (χ0) is 13.8. The first kappa shape index (κ1) is 13.5. The molecule has 0 aliphatic rings. The van der Waals surface area contributed by atoms with Crippen molar-refractivity contribution in [3.8, 4) is 5.75 Å². The molecule has 1 aromatic carbocycles. The van der Waals surface area contributed by atoms with Gasteiger partial charge in [-0.25, -0.2) is 0 Å². The van der Waals surface area contributed by atoms with Gasteiger partial charge in [-0.3, -0.25) is 4.79 Å². The zero-order valence-electron chi connectivity index (χ0n) is 9.56. The van der Waals surface area contributed by atoms with Gasteiger partial charge in [-0.05, 0) is 30.3 Å². The van der Waals surface area contributed by atoms with Crippen molar-refractivity contribution < 1.29 is 14.3 Å². The maximum atomic E-state index is 11.6. The van der Waals surface area contributed by atoms with Crippen LogP contribution in [0.2, 0.25) is 10.0 Å². The van der Waals surface area contributed by atoms with E-state index in [2.05, 4.69) is 5.32 Å². The van der Waals surface area contributed by atoms with Crippen LogP contribution in [-0.4, -0.2) is 11.0 Å². The standard InChI is InChI=1S/C13H9Cl2NO3/c14-10-6-8(7-11(15)13(10)18)16-12(17)4-3-9-2-1-5-19-9/h1-7,18H,(H,16,17). The van der Waals surface area contributed by atoms with Gasteiger partial charge in [0.2, 0.25) is 5.91 Å². The minimum Gasteiger partial charge on any atom is -0.505 e. The largest absolute Gasteiger partial charge is 0.505 e. The number of hydrogen-bond acceptors (Lipinski definition) is 3. The van der Waals surface area contributed by atoms with Gasteiger partial charge in [-0.2, -0.15) is 0 Å². The number of halogens is 2. The van der Waals surface area contributed by atoms with Crippen molar-refractivity contribution in [1.82, 2.24) is 0 Å². The number of carbonyl (C=O) groups is 1. The Hall–Kier alpha value is -1.91. The van der Waals surface area contributed by atoms with E-state index in [9.17, 15) is 9.90 Å². The van der Waals surface area contributed by atoms with Crippen LogP contribution < -0.4 is 5.32 Å². The van der Waals surface area contributed by atoms with Gasteiger partial charge in [0, 0.05) is 11.8 Å². The fraction of sp³-hybridized carbons (Fsp3) is 0. The summed E-state index contributed by atoms with van der Waals surface area (Å²) in [7, 11) is 0. The molecule has 0 atom stereocenters. The summed E-state index contributed by atoms with van der Waals surface area (Å²) in [6.07, 6.45) is 4.35. The van der Waals surface area contributed by atoms with E-state index in [4.69, 9.17) is 27.6 Å². The second-order valence-electron chi connectivity index (χ2n) is 3.63. The summed E-state index contributed by atoms with van der Waals surface area (Å²) < 4.78 is 5.05. The number of rotatable bonds is 3. The molecule has 98 valence electrons. The van der Waals surface area contributed by atoms with Crippen LogP contribution in [-0.2, 0) is 4.79 Å². The van der Waals surface area contributed by atoms with Gasteiger partial charge in [-0.15, -0.1) is 0 Å². The Balaban J connectivity index is 2.07. The lowest BCUT2D eigenvalue weighted by Crippen LogP contribution is -2.07. The van der Waals surface area contributed by atoms with Gasteiger partial charge in [0.1, 0.15) is 5.76 Å². The summed E-state index contributed by atoms with van der Waals surface area (Å²) in [5.41, 5.74) is 0.391. The van der Waals surface area contributed by atoms with Crippen LogP contribution in [0.1, 0.15) is 5.76 Å². The quantitative estimate of drug-likeness (QED) is 0.666. The van der Waals surface area contributed by atoms with Crippen molar-refractivity contribution in [2.24, 2.45) is 0 Å². The van der Waals surface area contributed by atoms with Crippen molar-refractivity contribution in [2.75, 3.05) is 5.32 Å². The molecule has 0 saturated heterocycles. The lowest BCUT2D eigenvalue weighted by atomic mass is 10.3. The fourth-order valence-corrected chi connectivity index (χ4v) is 1.85. The highest BCUT2D eigenvalue weighted by Gasteiger charge is 2.07. The number of benzene rings is 1. The highest BCUT2D eigenvalue weighted by atomic mass is 35.5. The molecule has 2 aromatic rings. The normalized spacial score (nSPS) is 10.8. The smallest absolute Gasteiger partial charge is 0.248 e. The molecule has 4 nitrogen and oxygen atoms in total. The van der Waals surface area contributed by atoms with E-state index in [1.54, 1.807) is 12.1 Å². The first-order chi connectivity index (χ1) is 9.06. The fourth-order valence-electron chi connectivity index (χ4n) is 1.37. The Bertz CT molecular complexity index is 598. The number of phenols is 1. The van der Waals surface area contributed by atoms with Crippen LogP contribution in [0.4, 0.5) is 5.69 Å². The van der Waals surface area contributed by atoms with E-state index in [0.717, 1.165) is 0 Å². The number of amides is 1. The Morgan fingerprint density at radius 3 is 2.58 bits per heavy atom. The van der Waals surface area contributed by atoms with Crippen LogP contribution in [0.3, 0.4) is 0 Å². The van der Waals surface area contributed by atoms with Gasteiger partial charge in [0.25, 0.3) is 0 Å². The minimum atomic E-state index is -0.366. The predicted molar refractivity (Wildman–Crippen MR) is 74.5 cm³/mol. The number of hydrogen-bond donors (Lipinski definition) is 2. The average molecular weight is 298 g/mol. The highest BCUT2D eigenvalue weighted by Crippen LogP contribution is 2.34. The molecule has 6 heteroatoms. The molecule has 0 aliphatic heterocycles. The van der Waals surface area contributed by atoms with Gasteiger partial charge in [-0.1, -0.05) is 23.2 Å². The number of anilines is 1. The van der Waals surface area contributed by atoms with Crippen LogP contribution >= 0.6 is 23.2 Å². The molecule has 0 fully saturated rings. The van der Waals surface area contributed by atoms with Crippen LogP contribution in [0.25, 0.3) is 6.08 Å². The molecule has 2 rings (SSSR count). The summed E-state index contributed by atoms with van der Waals surface area (Å²) in [5.74, 6) is -0.0152. The molecule has 1 amide bonds. The molecular formula is C13H9Cl2NO3. The van der Waals surface area contributed by atoms with Crippen molar-refractivity contribution in [3.05, 3.63) is 52.4 Å². The Labute approximate surface area is 119 Å². The molecule has 2 N–H and O–H groups in total. The van der Waals surface area contributed by atoms with Gasteiger partial charge in [0.05, 0.1) is 16.3 Å². The van der Waals surface area contributed by atoms with Crippen LogP contribution in [0, 0.1) is 0 Å². The highest BCUT2D eigenvalue weighted by molar-refractivity contribution is 6.37. The lowest BCUT2D eigenvalue weighted by Gasteiger charge is -2.05. The van der Waals surface area contributed by atoms with Crippen molar-refractivity contribution >= 4 is 40.9 Å². The van der Waals surface area contributed by atoms with Crippen molar-refractivity contribution in [3.63, 3.8) is 0 Å². The van der Waals surface area contributed by atoms with E-state index in [1.165, 1.54) is 30.5 Å². The number of aromatic hydroxyl groups is 1. The average Bonchev–Trinajstić information content (AvgIpc) is 2.86. The second kappa shape index (κ2) is 5.82. The number of nitrogens with one attached hydrogen (secondary N) is 1.